The normalized spacial score (nSPS) is 10.6. The van der Waals surface area contributed by atoms with Crippen molar-refractivity contribution in [2.45, 2.75) is 13.5 Å². The summed E-state index contributed by atoms with van der Waals surface area (Å²) in [5.41, 5.74) is 2.38. The van der Waals surface area contributed by atoms with Gasteiger partial charge in [-0.15, -0.1) is 0 Å². The zero-order chi connectivity index (χ0) is 23.4. The lowest BCUT2D eigenvalue weighted by molar-refractivity contribution is 0.0519. The molecule has 4 aromatic rings. The zero-order valence-corrected chi connectivity index (χ0v) is 17.7. The summed E-state index contributed by atoms with van der Waals surface area (Å²) in [5, 5.41) is 9.40. The fourth-order valence-corrected chi connectivity index (χ4v) is 3.51. The van der Waals surface area contributed by atoms with Crippen LogP contribution in [0.4, 0.5) is 4.39 Å². The van der Waals surface area contributed by atoms with Crippen LogP contribution in [0.5, 0.6) is 0 Å². The van der Waals surface area contributed by atoms with Gasteiger partial charge in [-0.2, -0.15) is 5.26 Å². The number of esters is 1. The molecular weight excluding hydrogens is 423 g/mol. The number of pyridine rings is 1. The van der Waals surface area contributed by atoms with E-state index in [-0.39, 0.29) is 24.5 Å². The topological polar surface area (TPSA) is 89.9 Å². The van der Waals surface area contributed by atoms with E-state index in [2.05, 4.69) is 11.1 Å². The first-order valence-electron chi connectivity index (χ1n) is 10.2. The van der Waals surface area contributed by atoms with E-state index in [4.69, 9.17) is 4.74 Å². The third-order valence-electron chi connectivity index (χ3n) is 5.06. The van der Waals surface area contributed by atoms with E-state index in [9.17, 15) is 19.2 Å². The quantitative estimate of drug-likeness (QED) is 0.422. The van der Waals surface area contributed by atoms with Crippen LogP contribution >= 0.6 is 0 Å². The fraction of sp³-hybridized carbons (Fsp3) is 0.120. The number of benzene rings is 2. The summed E-state index contributed by atoms with van der Waals surface area (Å²) in [6.45, 7) is 2.08. The first-order chi connectivity index (χ1) is 16.0. The van der Waals surface area contributed by atoms with Crippen LogP contribution in [-0.4, -0.2) is 26.7 Å². The van der Waals surface area contributed by atoms with Gasteiger partial charge in [-0.3, -0.25) is 9.13 Å². The van der Waals surface area contributed by atoms with E-state index in [1.54, 1.807) is 49.5 Å². The molecule has 0 radical (unpaired) electrons. The van der Waals surface area contributed by atoms with Gasteiger partial charge in [0.1, 0.15) is 11.5 Å². The number of carbonyl (C=O) groups is 1. The van der Waals surface area contributed by atoms with Crippen molar-refractivity contribution >= 4 is 5.97 Å². The first kappa shape index (κ1) is 21.7. The van der Waals surface area contributed by atoms with Gasteiger partial charge in [0.05, 0.1) is 36.2 Å². The average Bonchev–Trinajstić information content (AvgIpc) is 3.16. The number of halogens is 1. The maximum absolute atomic E-state index is 13.5. The molecule has 0 aliphatic heterocycles. The highest BCUT2D eigenvalue weighted by molar-refractivity contribution is 5.88. The van der Waals surface area contributed by atoms with E-state index < -0.39 is 11.8 Å². The Morgan fingerprint density at radius 3 is 2.64 bits per heavy atom. The fourth-order valence-electron chi connectivity index (χ4n) is 3.51. The molecule has 0 bridgehead atoms. The lowest BCUT2D eigenvalue weighted by atomic mass is 10.1. The van der Waals surface area contributed by atoms with Gasteiger partial charge in [-0.25, -0.2) is 19.0 Å². The summed E-state index contributed by atoms with van der Waals surface area (Å²) in [6, 6.07) is 17.9. The van der Waals surface area contributed by atoms with Gasteiger partial charge in [0.25, 0.3) is 0 Å². The van der Waals surface area contributed by atoms with Gasteiger partial charge < -0.3 is 4.74 Å². The molecule has 2 aromatic carbocycles. The molecule has 0 amide bonds. The number of nitriles is 1. The van der Waals surface area contributed by atoms with Crippen LogP contribution in [0.15, 0.2) is 77.9 Å². The van der Waals surface area contributed by atoms with Crippen LogP contribution in [0.1, 0.15) is 28.5 Å². The van der Waals surface area contributed by atoms with Gasteiger partial charge in [-0.05, 0) is 55.0 Å². The van der Waals surface area contributed by atoms with Crippen molar-refractivity contribution in [3.8, 4) is 23.0 Å². The summed E-state index contributed by atoms with van der Waals surface area (Å²) in [6.07, 6.45) is 3.10. The minimum atomic E-state index is -0.572. The SMILES string of the molecule is CCOC(=O)c1cc(-c2cn(Cc3ccccc3C#N)c(=O)n2-c2ccc(F)cc2)ccn1. The summed E-state index contributed by atoms with van der Waals surface area (Å²) in [5.74, 6) is -0.998. The van der Waals surface area contributed by atoms with Crippen LogP contribution in [0.3, 0.4) is 0 Å². The van der Waals surface area contributed by atoms with Gasteiger partial charge in [0.15, 0.2) is 0 Å². The largest absolute Gasteiger partial charge is 0.461 e. The molecule has 2 aromatic heterocycles. The summed E-state index contributed by atoms with van der Waals surface area (Å²) >= 11 is 0. The van der Waals surface area contributed by atoms with Crippen molar-refractivity contribution in [1.29, 1.82) is 5.26 Å². The second-order valence-corrected chi connectivity index (χ2v) is 7.16. The Labute approximate surface area is 188 Å². The average molecular weight is 442 g/mol. The molecule has 0 aliphatic rings. The van der Waals surface area contributed by atoms with E-state index in [1.165, 1.54) is 39.6 Å². The number of ether oxygens (including phenoxy) is 1. The molecule has 8 heteroatoms. The molecule has 0 aliphatic carbocycles. The summed E-state index contributed by atoms with van der Waals surface area (Å²) in [7, 11) is 0. The number of rotatable bonds is 6. The maximum Gasteiger partial charge on any atom is 0.356 e. The molecule has 0 saturated heterocycles. The number of imidazole rings is 1. The Balaban J connectivity index is 1.87. The maximum atomic E-state index is 13.5. The molecule has 0 unspecified atom stereocenters. The number of hydrogen-bond donors (Lipinski definition) is 0. The van der Waals surface area contributed by atoms with Crippen LogP contribution in [-0.2, 0) is 11.3 Å². The number of hydrogen-bond acceptors (Lipinski definition) is 5. The summed E-state index contributed by atoms with van der Waals surface area (Å²) in [4.78, 5) is 29.7. The van der Waals surface area contributed by atoms with Gasteiger partial charge in [0.2, 0.25) is 0 Å². The second kappa shape index (κ2) is 9.32. The van der Waals surface area contributed by atoms with Crippen LogP contribution in [0.2, 0.25) is 0 Å². The lowest BCUT2D eigenvalue weighted by Crippen LogP contribution is -2.24. The Morgan fingerprint density at radius 2 is 1.91 bits per heavy atom. The van der Waals surface area contributed by atoms with Crippen LogP contribution in [0.25, 0.3) is 16.9 Å². The standard InChI is InChI=1S/C25H19FN4O3/c1-2-33-24(31)22-13-17(11-12-28-22)23-16-29(15-19-6-4-3-5-18(19)14-27)25(32)30(23)21-9-7-20(26)8-10-21/h3-13,16H,2,15H2,1H3. The molecule has 33 heavy (non-hydrogen) atoms. The third-order valence-corrected chi connectivity index (χ3v) is 5.06. The van der Waals surface area contributed by atoms with Crippen molar-refractivity contribution in [1.82, 2.24) is 14.1 Å². The molecule has 4 rings (SSSR count). The van der Waals surface area contributed by atoms with Crippen molar-refractivity contribution < 1.29 is 13.9 Å². The number of aromatic nitrogens is 3. The minimum absolute atomic E-state index is 0.107. The molecule has 0 atom stereocenters. The smallest absolute Gasteiger partial charge is 0.356 e. The van der Waals surface area contributed by atoms with E-state index >= 15 is 0 Å². The molecule has 7 nitrogen and oxygen atoms in total. The molecule has 0 spiro atoms. The highest BCUT2D eigenvalue weighted by Gasteiger charge is 2.18. The van der Waals surface area contributed by atoms with Crippen molar-refractivity contribution in [2.24, 2.45) is 0 Å². The molecule has 0 saturated carbocycles. The van der Waals surface area contributed by atoms with E-state index in [0.29, 0.717) is 28.1 Å². The predicted molar refractivity (Wildman–Crippen MR) is 119 cm³/mol. The Morgan fingerprint density at radius 1 is 1.15 bits per heavy atom. The van der Waals surface area contributed by atoms with Crippen LogP contribution < -0.4 is 5.69 Å². The number of carbonyl (C=O) groups excluding carboxylic acids is 1. The van der Waals surface area contributed by atoms with E-state index in [1.807, 2.05) is 0 Å². The Kier molecular flexibility index (Phi) is 6.13. The second-order valence-electron chi connectivity index (χ2n) is 7.16. The Bertz CT molecular complexity index is 1410. The Hall–Kier alpha value is -4.51. The monoisotopic (exact) mass is 442 g/mol. The highest BCUT2D eigenvalue weighted by atomic mass is 19.1. The molecule has 0 N–H and O–H groups in total. The molecule has 2 heterocycles. The van der Waals surface area contributed by atoms with Crippen molar-refractivity contribution in [3.05, 3.63) is 106 Å². The van der Waals surface area contributed by atoms with Gasteiger partial charge in [0, 0.05) is 18.0 Å². The molecule has 164 valence electrons. The van der Waals surface area contributed by atoms with Gasteiger partial charge >= 0.3 is 11.7 Å². The van der Waals surface area contributed by atoms with E-state index in [0.717, 1.165) is 0 Å². The highest BCUT2D eigenvalue weighted by Crippen LogP contribution is 2.23. The number of nitrogens with zero attached hydrogens (tertiary/aromatic N) is 4. The zero-order valence-electron chi connectivity index (χ0n) is 17.7. The first-order valence-corrected chi connectivity index (χ1v) is 10.2. The molecular formula is C25H19FN4O3. The predicted octanol–water partition coefficient (Wildman–Crippen LogP) is 3.94. The third kappa shape index (κ3) is 4.43. The summed E-state index contributed by atoms with van der Waals surface area (Å²) < 4.78 is 21.5. The van der Waals surface area contributed by atoms with Gasteiger partial charge in [-0.1, -0.05) is 18.2 Å². The van der Waals surface area contributed by atoms with Crippen LogP contribution in [0, 0.1) is 17.1 Å². The lowest BCUT2D eigenvalue weighted by Gasteiger charge is -2.08. The van der Waals surface area contributed by atoms with Crippen molar-refractivity contribution in [3.63, 3.8) is 0 Å². The minimum Gasteiger partial charge on any atom is -0.461 e. The molecule has 0 fully saturated rings. The van der Waals surface area contributed by atoms with Crippen molar-refractivity contribution in [2.75, 3.05) is 6.61 Å².